The number of imide groups is 1. The van der Waals surface area contributed by atoms with Gasteiger partial charge in [-0.25, -0.2) is 9.59 Å². The van der Waals surface area contributed by atoms with Crippen LogP contribution in [0.15, 0.2) is 54.6 Å². The molecule has 1 saturated heterocycles. The van der Waals surface area contributed by atoms with Crippen LogP contribution in [0, 0.1) is 0 Å². The molecule has 4 rings (SSSR count). The topological polar surface area (TPSA) is 108 Å². The molecule has 2 fully saturated rings. The molecule has 1 heterocycles. The van der Waals surface area contributed by atoms with Crippen LogP contribution in [-0.4, -0.2) is 34.2 Å². The zero-order valence-corrected chi connectivity index (χ0v) is 16.3. The van der Waals surface area contributed by atoms with Crippen LogP contribution in [0.3, 0.4) is 0 Å². The van der Waals surface area contributed by atoms with Crippen LogP contribution in [0.2, 0.25) is 0 Å². The summed E-state index contributed by atoms with van der Waals surface area (Å²) in [5.74, 6) is -0.201. The van der Waals surface area contributed by atoms with Crippen molar-refractivity contribution in [3.63, 3.8) is 0 Å². The van der Waals surface area contributed by atoms with Gasteiger partial charge in [-0.1, -0.05) is 30.3 Å². The minimum atomic E-state index is -0.947. The monoisotopic (exact) mass is 406 g/mol. The molecule has 0 bridgehead atoms. The molecular weight excluding hydrogens is 384 g/mol. The Morgan fingerprint density at radius 3 is 2.13 bits per heavy atom. The second-order valence-corrected chi connectivity index (χ2v) is 7.56. The fraction of sp³-hybridized carbons (Fsp3) is 0.273. The highest BCUT2D eigenvalue weighted by molar-refractivity contribution is 6.07. The van der Waals surface area contributed by atoms with Crippen LogP contribution in [0.5, 0.6) is 0 Å². The van der Waals surface area contributed by atoms with Gasteiger partial charge in [-0.3, -0.25) is 14.9 Å². The van der Waals surface area contributed by atoms with Crippen molar-refractivity contribution < 1.29 is 19.2 Å². The number of Topliss-reactive ketones (excluding diaryl/α,β-unsaturated/α-hetero) is 1. The first kappa shape index (κ1) is 19.6. The number of anilines is 2. The lowest BCUT2D eigenvalue weighted by Gasteiger charge is -2.37. The van der Waals surface area contributed by atoms with E-state index in [0.29, 0.717) is 37.1 Å². The molecule has 1 spiro atoms. The van der Waals surface area contributed by atoms with Gasteiger partial charge in [-0.2, -0.15) is 0 Å². The number of hydrogen-bond donors (Lipinski definition) is 3. The summed E-state index contributed by atoms with van der Waals surface area (Å²) >= 11 is 0. The minimum absolute atomic E-state index is 0.122. The summed E-state index contributed by atoms with van der Waals surface area (Å²) in [5.41, 5.74) is 1.17. The van der Waals surface area contributed by atoms with E-state index in [1.54, 1.807) is 36.4 Å². The number of hydrogen-bond acceptors (Lipinski definition) is 4. The maximum Gasteiger partial charge on any atom is 0.325 e. The van der Waals surface area contributed by atoms with Crippen molar-refractivity contribution in [2.24, 2.45) is 0 Å². The Morgan fingerprint density at radius 2 is 1.50 bits per heavy atom. The first-order chi connectivity index (χ1) is 14.5. The summed E-state index contributed by atoms with van der Waals surface area (Å²) in [6.45, 7) is 0.252. The second kappa shape index (κ2) is 7.98. The summed E-state index contributed by atoms with van der Waals surface area (Å²) in [6.07, 6.45) is 1.30. The maximum atomic E-state index is 12.5. The fourth-order valence-corrected chi connectivity index (χ4v) is 3.95. The van der Waals surface area contributed by atoms with Gasteiger partial charge in [0.15, 0.2) is 0 Å². The highest BCUT2D eigenvalue weighted by Crippen LogP contribution is 2.37. The van der Waals surface area contributed by atoms with Crippen molar-refractivity contribution in [2.75, 3.05) is 10.6 Å². The molecule has 0 unspecified atom stereocenters. The van der Waals surface area contributed by atoms with Crippen molar-refractivity contribution >= 4 is 35.1 Å². The predicted molar refractivity (Wildman–Crippen MR) is 111 cm³/mol. The van der Waals surface area contributed by atoms with Gasteiger partial charge in [-0.15, -0.1) is 0 Å². The maximum absolute atomic E-state index is 12.5. The molecule has 0 radical (unpaired) electrons. The molecule has 0 atom stereocenters. The van der Waals surface area contributed by atoms with E-state index in [1.807, 2.05) is 18.2 Å². The second-order valence-electron chi connectivity index (χ2n) is 7.56. The Kier molecular flexibility index (Phi) is 5.22. The number of carbonyl (C=O) groups excluding carboxylic acids is 4. The van der Waals surface area contributed by atoms with Gasteiger partial charge in [0.2, 0.25) is 0 Å². The predicted octanol–water partition coefficient (Wildman–Crippen LogP) is 3.26. The van der Waals surface area contributed by atoms with Gasteiger partial charge in [0.1, 0.15) is 11.3 Å². The van der Waals surface area contributed by atoms with Crippen LogP contribution in [0.4, 0.5) is 21.0 Å². The lowest BCUT2D eigenvalue weighted by atomic mass is 9.80. The number of rotatable bonds is 4. The van der Waals surface area contributed by atoms with Gasteiger partial charge in [0.25, 0.3) is 5.91 Å². The molecule has 8 nitrogen and oxygen atoms in total. The van der Waals surface area contributed by atoms with Crippen LogP contribution >= 0.6 is 0 Å². The molecule has 1 saturated carbocycles. The Bertz CT molecular complexity index is 978. The SMILES string of the molecule is O=C1CCC2(CC1)C(=O)NC(=O)N2Cc1ccc(NC(=O)Nc2ccccc2)cc1. The van der Waals surface area contributed by atoms with Crippen LogP contribution in [0.25, 0.3) is 0 Å². The van der Waals surface area contributed by atoms with Crippen molar-refractivity contribution in [3.05, 3.63) is 60.2 Å². The Hall–Kier alpha value is -3.68. The molecule has 30 heavy (non-hydrogen) atoms. The van der Waals surface area contributed by atoms with Crippen molar-refractivity contribution in [1.82, 2.24) is 10.2 Å². The number of carbonyl (C=O) groups is 4. The molecule has 2 aromatic carbocycles. The molecular formula is C22H22N4O4. The smallest absolute Gasteiger partial charge is 0.308 e. The van der Waals surface area contributed by atoms with E-state index in [1.165, 1.54) is 4.90 Å². The largest absolute Gasteiger partial charge is 0.325 e. The average molecular weight is 406 g/mol. The van der Waals surface area contributed by atoms with E-state index in [0.717, 1.165) is 5.56 Å². The summed E-state index contributed by atoms with van der Waals surface area (Å²) in [6, 6.07) is 15.4. The summed E-state index contributed by atoms with van der Waals surface area (Å²) in [5, 5.41) is 7.89. The molecule has 2 aliphatic rings. The quantitative estimate of drug-likeness (QED) is 0.677. The average Bonchev–Trinajstić information content (AvgIpc) is 2.96. The number of para-hydroxylation sites is 1. The van der Waals surface area contributed by atoms with E-state index in [9.17, 15) is 19.2 Å². The number of amides is 5. The van der Waals surface area contributed by atoms with Gasteiger partial charge < -0.3 is 15.5 Å². The zero-order valence-electron chi connectivity index (χ0n) is 16.3. The third-order valence-corrected chi connectivity index (χ3v) is 5.62. The standard InChI is InChI=1S/C22H22N4O4/c27-18-10-12-22(13-11-18)19(28)25-21(30)26(22)14-15-6-8-17(9-7-15)24-20(29)23-16-4-2-1-3-5-16/h1-9H,10-14H2,(H2,23,24,29)(H,25,28,30). The minimum Gasteiger partial charge on any atom is -0.308 e. The number of nitrogens with one attached hydrogen (secondary N) is 3. The molecule has 2 aromatic rings. The molecule has 1 aliphatic heterocycles. The number of nitrogens with zero attached hydrogens (tertiary/aromatic N) is 1. The molecule has 0 aromatic heterocycles. The molecule has 5 amide bonds. The van der Waals surface area contributed by atoms with Gasteiger partial charge in [-0.05, 0) is 42.7 Å². The Labute approximate surface area is 173 Å². The van der Waals surface area contributed by atoms with Gasteiger partial charge in [0.05, 0.1) is 0 Å². The highest BCUT2D eigenvalue weighted by Gasteiger charge is 2.53. The fourth-order valence-electron chi connectivity index (χ4n) is 3.95. The van der Waals surface area contributed by atoms with Crippen LogP contribution < -0.4 is 16.0 Å². The van der Waals surface area contributed by atoms with Crippen molar-refractivity contribution in [2.45, 2.75) is 37.8 Å². The highest BCUT2D eigenvalue weighted by atomic mass is 16.2. The van der Waals surface area contributed by atoms with Gasteiger partial charge in [0, 0.05) is 30.8 Å². The van der Waals surface area contributed by atoms with Gasteiger partial charge >= 0.3 is 12.1 Å². The normalized spacial score (nSPS) is 17.7. The van der Waals surface area contributed by atoms with Crippen molar-refractivity contribution in [1.29, 1.82) is 0 Å². The first-order valence-corrected chi connectivity index (χ1v) is 9.83. The van der Waals surface area contributed by atoms with Crippen LogP contribution in [0.1, 0.15) is 31.2 Å². The Morgan fingerprint density at radius 1 is 0.900 bits per heavy atom. The third-order valence-electron chi connectivity index (χ3n) is 5.62. The zero-order chi connectivity index (χ0) is 21.1. The number of benzene rings is 2. The lowest BCUT2D eigenvalue weighted by molar-refractivity contribution is -0.131. The molecule has 1 aliphatic carbocycles. The van der Waals surface area contributed by atoms with E-state index in [4.69, 9.17) is 0 Å². The number of urea groups is 2. The summed E-state index contributed by atoms with van der Waals surface area (Å²) < 4.78 is 0. The molecule has 154 valence electrons. The molecule has 8 heteroatoms. The molecule has 3 N–H and O–H groups in total. The van der Waals surface area contributed by atoms with Crippen molar-refractivity contribution in [3.8, 4) is 0 Å². The number of ketones is 1. The van der Waals surface area contributed by atoms with E-state index in [2.05, 4.69) is 16.0 Å². The summed E-state index contributed by atoms with van der Waals surface area (Å²) in [4.78, 5) is 50.1. The third kappa shape index (κ3) is 3.89. The Balaban J connectivity index is 1.41. The van der Waals surface area contributed by atoms with Crippen LogP contribution in [-0.2, 0) is 16.1 Å². The summed E-state index contributed by atoms with van der Waals surface area (Å²) in [7, 11) is 0. The first-order valence-electron chi connectivity index (χ1n) is 9.83. The van der Waals surface area contributed by atoms with E-state index < -0.39 is 11.6 Å². The lowest BCUT2D eigenvalue weighted by Crippen LogP contribution is -2.51. The van der Waals surface area contributed by atoms with E-state index in [-0.39, 0.29) is 24.3 Å². The van der Waals surface area contributed by atoms with E-state index >= 15 is 0 Å².